The molecule has 0 bridgehead atoms. The Morgan fingerprint density at radius 1 is 1.32 bits per heavy atom. The van der Waals surface area contributed by atoms with Gasteiger partial charge in [0, 0.05) is 18.0 Å². The minimum absolute atomic E-state index is 0.132. The second-order valence-electron chi connectivity index (χ2n) is 4.95. The summed E-state index contributed by atoms with van der Waals surface area (Å²) in [7, 11) is 0. The molecule has 1 aliphatic rings. The number of aryl methyl sites for hydroxylation is 1. The quantitative estimate of drug-likeness (QED) is 0.840. The molecule has 0 aromatic heterocycles. The molecule has 4 nitrogen and oxygen atoms in total. The lowest BCUT2D eigenvalue weighted by molar-refractivity contribution is -0.143. The molecular formula is C14H16ClNO3. The molecule has 1 aliphatic carbocycles. The molecule has 0 unspecified atom stereocenters. The Balaban J connectivity index is 1.77. The Labute approximate surface area is 116 Å². The summed E-state index contributed by atoms with van der Waals surface area (Å²) in [6.45, 7) is 0.226. The highest BCUT2D eigenvalue weighted by Crippen LogP contribution is 2.45. The Morgan fingerprint density at radius 2 is 2.00 bits per heavy atom. The number of benzene rings is 1. The minimum atomic E-state index is -0.820. The van der Waals surface area contributed by atoms with Gasteiger partial charge >= 0.3 is 5.97 Å². The summed E-state index contributed by atoms with van der Waals surface area (Å²) in [6.07, 6.45) is 2.17. The largest absolute Gasteiger partial charge is 0.481 e. The van der Waals surface area contributed by atoms with Crippen LogP contribution in [0.5, 0.6) is 0 Å². The summed E-state index contributed by atoms with van der Waals surface area (Å²) in [5.74, 6) is -0.952. The lowest BCUT2D eigenvalue weighted by atomic mass is 10.1. The fraction of sp³-hybridized carbons (Fsp3) is 0.429. The molecule has 1 saturated carbocycles. The van der Waals surface area contributed by atoms with Crippen molar-refractivity contribution in [1.29, 1.82) is 0 Å². The van der Waals surface area contributed by atoms with Crippen LogP contribution in [-0.4, -0.2) is 23.5 Å². The van der Waals surface area contributed by atoms with Gasteiger partial charge in [-0.3, -0.25) is 9.59 Å². The van der Waals surface area contributed by atoms with E-state index in [1.165, 1.54) is 0 Å². The van der Waals surface area contributed by atoms with E-state index in [9.17, 15) is 9.59 Å². The van der Waals surface area contributed by atoms with Gasteiger partial charge < -0.3 is 10.4 Å². The van der Waals surface area contributed by atoms with Gasteiger partial charge in [0.05, 0.1) is 5.41 Å². The number of rotatable bonds is 6. The van der Waals surface area contributed by atoms with Crippen molar-refractivity contribution in [2.24, 2.45) is 5.41 Å². The van der Waals surface area contributed by atoms with E-state index in [0.29, 0.717) is 30.7 Å². The number of carbonyl (C=O) groups is 2. The van der Waals surface area contributed by atoms with E-state index in [0.717, 1.165) is 5.56 Å². The minimum Gasteiger partial charge on any atom is -0.481 e. The normalized spacial score (nSPS) is 15.8. The van der Waals surface area contributed by atoms with Gasteiger partial charge in [0.25, 0.3) is 0 Å². The Hall–Kier alpha value is -1.55. The zero-order valence-electron chi connectivity index (χ0n) is 10.5. The van der Waals surface area contributed by atoms with Gasteiger partial charge in [-0.15, -0.1) is 0 Å². The van der Waals surface area contributed by atoms with Gasteiger partial charge in [0.1, 0.15) is 0 Å². The molecule has 1 amide bonds. The average molecular weight is 282 g/mol. The lowest BCUT2D eigenvalue weighted by Crippen LogP contribution is -2.34. The van der Waals surface area contributed by atoms with Gasteiger partial charge in [-0.25, -0.2) is 0 Å². The molecule has 0 atom stereocenters. The summed E-state index contributed by atoms with van der Waals surface area (Å²) in [4.78, 5) is 22.6. The molecule has 0 radical (unpaired) electrons. The van der Waals surface area contributed by atoms with Crippen molar-refractivity contribution in [3.05, 3.63) is 34.9 Å². The Morgan fingerprint density at radius 3 is 2.58 bits per heavy atom. The molecule has 0 aliphatic heterocycles. The van der Waals surface area contributed by atoms with Crippen LogP contribution in [0, 0.1) is 5.41 Å². The zero-order chi connectivity index (χ0) is 13.9. The predicted octanol–water partition coefficient (Wildman–Crippen LogP) is 2.25. The second-order valence-corrected chi connectivity index (χ2v) is 5.36. The molecular weight excluding hydrogens is 266 g/mol. The van der Waals surface area contributed by atoms with E-state index in [-0.39, 0.29) is 12.5 Å². The topological polar surface area (TPSA) is 66.4 Å². The van der Waals surface area contributed by atoms with Crippen LogP contribution in [0.15, 0.2) is 24.3 Å². The van der Waals surface area contributed by atoms with Crippen LogP contribution in [0.2, 0.25) is 5.02 Å². The number of carboxylic acids is 1. The smallest absolute Gasteiger partial charge is 0.311 e. The van der Waals surface area contributed by atoms with Crippen molar-refractivity contribution < 1.29 is 14.7 Å². The maximum absolute atomic E-state index is 11.7. The van der Waals surface area contributed by atoms with Gasteiger partial charge in [-0.2, -0.15) is 0 Å². The molecule has 102 valence electrons. The first-order valence-electron chi connectivity index (χ1n) is 6.27. The number of nitrogens with one attached hydrogen (secondary N) is 1. The number of hydrogen-bond donors (Lipinski definition) is 2. The molecule has 2 rings (SSSR count). The first-order valence-corrected chi connectivity index (χ1v) is 6.65. The third-order valence-corrected chi connectivity index (χ3v) is 3.88. The number of aliphatic carboxylic acids is 1. The summed E-state index contributed by atoms with van der Waals surface area (Å²) < 4.78 is 0. The fourth-order valence-corrected chi connectivity index (χ4v) is 2.15. The molecule has 1 aromatic carbocycles. The summed E-state index contributed by atoms with van der Waals surface area (Å²) >= 11 is 6.00. The summed E-state index contributed by atoms with van der Waals surface area (Å²) in [5.41, 5.74) is 0.221. The van der Waals surface area contributed by atoms with E-state index >= 15 is 0 Å². The third kappa shape index (κ3) is 3.47. The SMILES string of the molecule is O=C(CCc1ccccc1Cl)NCC1(C(=O)O)CC1. The molecule has 0 saturated heterocycles. The first kappa shape index (κ1) is 13.9. The van der Waals surface area contributed by atoms with Crippen LogP contribution in [0.25, 0.3) is 0 Å². The Bertz CT molecular complexity index is 497. The molecule has 2 N–H and O–H groups in total. The van der Waals surface area contributed by atoms with Gasteiger partial charge in [-0.1, -0.05) is 29.8 Å². The number of amides is 1. The maximum Gasteiger partial charge on any atom is 0.311 e. The molecule has 0 spiro atoms. The van der Waals surface area contributed by atoms with Crippen LogP contribution in [0.1, 0.15) is 24.8 Å². The third-order valence-electron chi connectivity index (χ3n) is 3.51. The summed E-state index contributed by atoms with van der Waals surface area (Å²) in [6, 6.07) is 7.39. The average Bonchev–Trinajstić information content (AvgIpc) is 3.16. The molecule has 1 fully saturated rings. The van der Waals surface area contributed by atoms with Gasteiger partial charge in [0.2, 0.25) is 5.91 Å². The van der Waals surface area contributed by atoms with E-state index in [4.69, 9.17) is 16.7 Å². The van der Waals surface area contributed by atoms with Crippen molar-refractivity contribution in [3.63, 3.8) is 0 Å². The van der Waals surface area contributed by atoms with Crippen molar-refractivity contribution >= 4 is 23.5 Å². The number of carbonyl (C=O) groups excluding carboxylic acids is 1. The molecule has 0 heterocycles. The van der Waals surface area contributed by atoms with Crippen molar-refractivity contribution in [3.8, 4) is 0 Å². The monoisotopic (exact) mass is 281 g/mol. The maximum atomic E-state index is 11.7. The molecule has 5 heteroatoms. The van der Waals surface area contributed by atoms with Crippen LogP contribution in [-0.2, 0) is 16.0 Å². The van der Waals surface area contributed by atoms with Crippen molar-refractivity contribution in [2.45, 2.75) is 25.7 Å². The summed E-state index contributed by atoms with van der Waals surface area (Å²) in [5, 5.41) is 12.3. The van der Waals surface area contributed by atoms with E-state index in [2.05, 4.69) is 5.32 Å². The highest BCUT2D eigenvalue weighted by molar-refractivity contribution is 6.31. The standard InChI is InChI=1S/C14H16ClNO3/c15-11-4-2-1-3-10(11)5-6-12(17)16-9-14(7-8-14)13(18)19/h1-4H,5-9H2,(H,16,17)(H,18,19). The van der Waals surface area contributed by atoms with E-state index < -0.39 is 11.4 Å². The van der Waals surface area contributed by atoms with E-state index in [1.807, 2.05) is 18.2 Å². The number of halogens is 1. The predicted molar refractivity (Wildman–Crippen MR) is 72.1 cm³/mol. The Kier molecular flexibility index (Phi) is 4.10. The van der Waals surface area contributed by atoms with Gasteiger partial charge in [0.15, 0.2) is 0 Å². The van der Waals surface area contributed by atoms with Gasteiger partial charge in [-0.05, 0) is 30.9 Å². The second kappa shape index (κ2) is 5.61. The molecule has 1 aromatic rings. The van der Waals surface area contributed by atoms with E-state index in [1.54, 1.807) is 6.07 Å². The number of carboxylic acid groups (broad SMARTS) is 1. The zero-order valence-corrected chi connectivity index (χ0v) is 11.2. The molecule has 19 heavy (non-hydrogen) atoms. The first-order chi connectivity index (χ1) is 9.03. The fourth-order valence-electron chi connectivity index (χ4n) is 1.92. The lowest BCUT2D eigenvalue weighted by Gasteiger charge is -2.11. The number of hydrogen-bond acceptors (Lipinski definition) is 2. The van der Waals surface area contributed by atoms with Crippen molar-refractivity contribution in [2.75, 3.05) is 6.54 Å². The van der Waals surface area contributed by atoms with Crippen LogP contribution in [0.4, 0.5) is 0 Å². The van der Waals surface area contributed by atoms with Crippen molar-refractivity contribution in [1.82, 2.24) is 5.32 Å². The van der Waals surface area contributed by atoms with Crippen LogP contribution < -0.4 is 5.32 Å². The highest BCUT2D eigenvalue weighted by Gasteiger charge is 2.50. The highest BCUT2D eigenvalue weighted by atomic mass is 35.5. The van der Waals surface area contributed by atoms with Crippen LogP contribution in [0.3, 0.4) is 0 Å². The van der Waals surface area contributed by atoms with Crippen LogP contribution >= 0.6 is 11.6 Å².